The summed E-state index contributed by atoms with van der Waals surface area (Å²) in [5.74, 6) is 1.32. The molecule has 0 fully saturated rings. The molecule has 0 saturated heterocycles. The largest absolute Gasteiger partial charge is 0.284 e. The molecule has 1 heterocycles. The summed E-state index contributed by atoms with van der Waals surface area (Å²) < 4.78 is 2.28. The Kier molecular flexibility index (Phi) is 6.03. The highest BCUT2D eigenvalue weighted by Crippen LogP contribution is 2.31. The highest BCUT2D eigenvalue weighted by atomic mass is 79.9. The molecular weight excluding hydrogens is 580 g/mol. The van der Waals surface area contributed by atoms with Gasteiger partial charge in [0.25, 0.3) is 5.69 Å². The average Bonchev–Trinajstić information content (AvgIpc) is 2.74. The van der Waals surface area contributed by atoms with Crippen molar-refractivity contribution in [2.75, 3.05) is 0 Å². The van der Waals surface area contributed by atoms with Crippen LogP contribution >= 0.6 is 47.8 Å². The third kappa shape index (κ3) is 4.48. The van der Waals surface area contributed by atoms with Crippen LogP contribution in [0.15, 0.2) is 80.1 Å². The Morgan fingerprint density at radius 3 is 1.47 bits per heavy atom. The summed E-state index contributed by atoms with van der Waals surface area (Å²) in [6.07, 6.45) is 0. The number of benzene rings is 3. The summed E-state index contributed by atoms with van der Waals surface area (Å²) in [5, 5.41) is 11.4. The van der Waals surface area contributed by atoms with Crippen molar-refractivity contribution in [3.05, 3.63) is 90.3 Å². The highest BCUT2D eigenvalue weighted by Gasteiger charge is 2.17. The molecule has 0 atom stereocenters. The molecule has 0 aliphatic rings. The molecule has 148 valence electrons. The molecule has 0 radical (unpaired) electrons. The lowest BCUT2D eigenvalue weighted by Crippen LogP contribution is -2.00. The van der Waals surface area contributed by atoms with E-state index in [4.69, 9.17) is 0 Å². The van der Waals surface area contributed by atoms with E-state index in [1.807, 2.05) is 48.5 Å². The van der Waals surface area contributed by atoms with Gasteiger partial charge < -0.3 is 0 Å². The first kappa shape index (κ1) is 20.8. The van der Waals surface area contributed by atoms with Gasteiger partial charge in [-0.05, 0) is 52.3 Å². The number of hydrogen-bond acceptors (Lipinski definition) is 5. The molecule has 0 N–H and O–H groups in total. The molecule has 0 aliphatic carbocycles. The third-order valence-electron chi connectivity index (χ3n) is 4.24. The summed E-state index contributed by atoms with van der Waals surface area (Å²) in [4.78, 5) is 24.7. The monoisotopic (exact) mass is 588 g/mol. The summed E-state index contributed by atoms with van der Waals surface area (Å²) in [5.41, 5.74) is 2.10. The second-order valence-corrected chi connectivity index (χ2v) is 8.93. The predicted octanol–water partition coefficient (Wildman–Crippen LogP) is 7.07. The summed E-state index contributed by atoms with van der Waals surface area (Å²) in [6.45, 7) is 0. The standard InChI is InChI=1S/C21H11Br3N4O2/c22-15-6-1-12(2-7-15)19-25-20(13-3-8-16(23)9-4-13)27-21(26-19)14-5-10-17(24)18(11-14)28(29)30/h1-11H. The van der Waals surface area contributed by atoms with Gasteiger partial charge in [-0.15, -0.1) is 0 Å². The lowest BCUT2D eigenvalue weighted by atomic mass is 10.1. The number of hydrogen-bond donors (Lipinski definition) is 0. The first-order chi connectivity index (χ1) is 14.4. The number of nitro benzene ring substituents is 1. The smallest absolute Gasteiger partial charge is 0.258 e. The zero-order valence-corrected chi connectivity index (χ0v) is 19.8. The molecule has 30 heavy (non-hydrogen) atoms. The molecule has 0 amide bonds. The molecule has 6 nitrogen and oxygen atoms in total. The van der Waals surface area contributed by atoms with Crippen LogP contribution in [0.2, 0.25) is 0 Å². The summed E-state index contributed by atoms with van der Waals surface area (Å²) >= 11 is 10.1. The van der Waals surface area contributed by atoms with Crippen molar-refractivity contribution in [3.63, 3.8) is 0 Å². The maximum atomic E-state index is 11.4. The van der Waals surface area contributed by atoms with Gasteiger partial charge in [0, 0.05) is 31.7 Å². The number of halogens is 3. The van der Waals surface area contributed by atoms with Crippen LogP contribution in [-0.4, -0.2) is 19.9 Å². The van der Waals surface area contributed by atoms with Crippen molar-refractivity contribution in [1.82, 2.24) is 15.0 Å². The SMILES string of the molecule is O=[N+]([O-])c1cc(-c2nc(-c3ccc(Br)cc3)nc(-c3ccc(Br)cc3)n2)ccc1Br. The van der Waals surface area contributed by atoms with Crippen LogP contribution in [-0.2, 0) is 0 Å². The van der Waals surface area contributed by atoms with E-state index in [0.29, 0.717) is 27.5 Å². The quantitative estimate of drug-likeness (QED) is 0.188. The normalized spacial score (nSPS) is 10.8. The van der Waals surface area contributed by atoms with Crippen molar-refractivity contribution in [1.29, 1.82) is 0 Å². The van der Waals surface area contributed by atoms with Crippen LogP contribution in [0.4, 0.5) is 5.69 Å². The Morgan fingerprint density at radius 2 is 1.03 bits per heavy atom. The van der Waals surface area contributed by atoms with Crippen molar-refractivity contribution in [2.24, 2.45) is 0 Å². The van der Waals surface area contributed by atoms with E-state index in [2.05, 4.69) is 62.7 Å². The van der Waals surface area contributed by atoms with Crippen LogP contribution in [0.5, 0.6) is 0 Å². The van der Waals surface area contributed by atoms with Gasteiger partial charge in [-0.25, -0.2) is 15.0 Å². The molecule has 0 aliphatic heterocycles. The predicted molar refractivity (Wildman–Crippen MR) is 126 cm³/mol. The number of aromatic nitrogens is 3. The molecule has 0 spiro atoms. The first-order valence-corrected chi connectivity index (χ1v) is 11.0. The Morgan fingerprint density at radius 1 is 0.633 bits per heavy atom. The van der Waals surface area contributed by atoms with Crippen LogP contribution in [0.1, 0.15) is 0 Å². The van der Waals surface area contributed by atoms with Crippen molar-refractivity contribution >= 4 is 53.5 Å². The second kappa shape index (κ2) is 8.71. The molecule has 3 aromatic carbocycles. The highest BCUT2D eigenvalue weighted by molar-refractivity contribution is 9.11. The lowest BCUT2D eigenvalue weighted by molar-refractivity contribution is -0.385. The van der Waals surface area contributed by atoms with Gasteiger partial charge in [-0.1, -0.05) is 56.1 Å². The van der Waals surface area contributed by atoms with Crippen LogP contribution in [0.3, 0.4) is 0 Å². The second-order valence-electron chi connectivity index (χ2n) is 6.24. The molecule has 9 heteroatoms. The minimum Gasteiger partial charge on any atom is -0.258 e. The van der Waals surface area contributed by atoms with Gasteiger partial charge in [0.15, 0.2) is 17.5 Å². The molecule has 1 aromatic heterocycles. The Hall–Kier alpha value is -2.49. The zero-order valence-electron chi connectivity index (χ0n) is 15.1. The van der Waals surface area contributed by atoms with E-state index in [-0.39, 0.29) is 5.69 Å². The van der Waals surface area contributed by atoms with E-state index in [1.165, 1.54) is 6.07 Å². The zero-order chi connectivity index (χ0) is 21.3. The van der Waals surface area contributed by atoms with E-state index < -0.39 is 4.92 Å². The van der Waals surface area contributed by atoms with Gasteiger partial charge in [0.05, 0.1) is 9.40 Å². The fourth-order valence-electron chi connectivity index (χ4n) is 2.75. The fraction of sp³-hybridized carbons (Fsp3) is 0. The molecule has 0 bridgehead atoms. The van der Waals surface area contributed by atoms with Crippen LogP contribution < -0.4 is 0 Å². The Labute approximate surface area is 197 Å². The van der Waals surface area contributed by atoms with Gasteiger partial charge in [-0.3, -0.25) is 10.1 Å². The van der Waals surface area contributed by atoms with Crippen LogP contribution in [0, 0.1) is 10.1 Å². The van der Waals surface area contributed by atoms with Crippen molar-refractivity contribution in [3.8, 4) is 34.2 Å². The first-order valence-electron chi connectivity index (χ1n) is 8.63. The van der Waals surface area contributed by atoms with Gasteiger partial charge in [0.2, 0.25) is 0 Å². The number of nitro groups is 1. The maximum absolute atomic E-state index is 11.4. The van der Waals surface area contributed by atoms with Crippen molar-refractivity contribution < 1.29 is 4.92 Å². The van der Waals surface area contributed by atoms with Gasteiger partial charge in [-0.2, -0.15) is 0 Å². The third-order valence-corrected chi connectivity index (χ3v) is 5.97. The summed E-state index contributed by atoms with van der Waals surface area (Å²) in [7, 11) is 0. The van der Waals surface area contributed by atoms with Crippen LogP contribution in [0.25, 0.3) is 34.2 Å². The molecular formula is C21H11Br3N4O2. The molecule has 4 aromatic rings. The molecule has 4 rings (SSSR count). The van der Waals surface area contributed by atoms with E-state index in [0.717, 1.165) is 20.1 Å². The average molecular weight is 591 g/mol. The van der Waals surface area contributed by atoms with E-state index in [1.54, 1.807) is 12.1 Å². The Balaban J connectivity index is 1.91. The van der Waals surface area contributed by atoms with E-state index >= 15 is 0 Å². The van der Waals surface area contributed by atoms with Crippen molar-refractivity contribution in [2.45, 2.75) is 0 Å². The fourth-order valence-corrected chi connectivity index (χ4v) is 3.67. The van der Waals surface area contributed by atoms with E-state index in [9.17, 15) is 10.1 Å². The maximum Gasteiger partial charge on any atom is 0.284 e. The Bertz CT molecular complexity index is 1180. The van der Waals surface area contributed by atoms with Gasteiger partial charge in [0.1, 0.15) is 0 Å². The lowest BCUT2D eigenvalue weighted by Gasteiger charge is -2.09. The number of nitrogens with zero attached hydrogens (tertiary/aromatic N) is 4. The van der Waals surface area contributed by atoms with Gasteiger partial charge >= 0.3 is 0 Å². The molecule has 0 saturated carbocycles. The topological polar surface area (TPSA) is 81.8 Å². The minimum absolute atomic E-state index is 0.0525. The minimum atomic E-state index is -0.444. The summed E-state index contributed by atoms with van der Waals surface area (Å²) in [6, 6.07) is 20.0. The number of rotatable bonds is 4. The molecule has 0 unspecified atom stereocenters.